The molecule has 0 saturated carbocycles. The van der Waals surface area contributed by atoms with Crippen LogP contribution in [0.2, 0.25) is 0 Å². The number of hydrogen-bond acceptors (Lipinski definition) is 6. The van der Waals surface area contributed by atoms with Gasteiger partial charge in [0.1, 0.15) is 10.7 Å². The molecule has 0 aliphatic heterocycles. The van der Waals surface area contributed by atoms with E-state index in [1.165, 1.54) is 19.2 Å². The zero-order chi connectivity index (χ0) is 12.9. The van der Waals surface area contributed by atoms with E-state index in [-0.39, 0.29) is 23.7 Å². The second kappa shape index (κ2) is 5.60. The van der Waals surface area contributed by atoms with Gasteiger partial charge in [-0.3, -0.25) is 4.79 Å². The van der Waals surface area contributed by atoms with E-state index in [9.17, 15) is 13.2 Å². The third-order valence-corrected chi connectivity index (χ3v) is 3.36. The van der Waals surface area contributed by atoms with Gasteiger partial charge in [0, 0.05) is 12.7 Å². The van der Waals surface area contributed by atoms with E-state index in [1.807, 2.05) is 0 Å². The Morgan fingerprint density at radius 3 is 2.76 bits per heavy atom. The van der Waals surface area contributed by atoms with Crippen LogP contribution in [0, 0.1) is 0 Å². The number of aromatic nitrogens is 1. The Morgan fingerprint density at radius 2 is 2.24 bits per heavy atom. The molecular weight excluding hydrogens is 246 g/mol. The highest BCUT2D eigenvalue weighted by Gasteiger charge is 2.14. The Morgan fingerprint density at radius 1 is 1.53 bits per heavy atom. The van der Waals surface area contributed by atoms with Crippen molar-refractivity contribution in [1.82, 2.24) is 9.71 Å². The maximum Gasteiger partial charge on any atom is 0.306 e. The second-order valence-electron chi connectivity index (χ2n) is 3.14. The third-order valence-electron chi connectivity index (χ3n) is 1.92. The van der Waals surface area contributed by atoms with Crippen LogP contribution in [0.3, 0.4) is 0 Å². The molecule has 0 atom stereocenters. The number of hydrogen-bond donors (Lipinski definition) is 2. The first-order valence-electron chi connectivity index (χ1n) is 4.74. The number of esters is 1. The summed E-state index contributed by atoms with van der Waals surface area (Å²) in [6.45, 7) is -0.0284. The molecule has 17 heavy (non-hydrogen) atoms. The summed E-state index contributed by atoms with van der Waals surface area (Å²) >= 11 is 0. The minimum absolute atomic E-state index is 0.00318. The molecule has 0 amide bonds. The van der Waals surface area contributed by atoms with Crippen molar-refractivity contribution in [3.8, 4) is 0 Å². The van der Waals surface area contributed by atoms with E-state index in [2.05, 4.69) is 14.4 Å². The van der Waals surface area contributed by atoms with E-state index in [1.54, 1.807) is 0 Å². The van der Waals surface area contributed by atoms with Crippen molar-refractivity contribution in [2.24, 2.45) is 0 Å². The Kier molecular flexibility index (Phi) is 4.41. The van der Waals surface area contributed by atoms with Gasteiger partial charge in [0.05, 0.1) is 13.5 Å². The summed E-state index contributed by atoms with van der Waals surface area (Å²) in [4.78, 5) is 14.5. The van der Waals surface area contributed by atoms with Crippen LogP contribution in [0.1, 0.15) is 6.42 Å². The van der Waals surface area contributed by atoms with Gasteiger partial charge < -0.3 is 10.5 Å². The van der Waals surface area contributed by atoms with Gasteiger partial charge in [-0.2, -0.15) is 0 Å². The summed E-state index contributed by atoms with van der Waals surface area (Å²) in [6.07, 6.45) is 1.12. The molecule has 0 aliphatic carbocycles. The lowest BCUT2D eigenvalue weighted by atomic mass is 10.4. The van der Waals surface area contributed by atoms with Crippen LogP contribution >= 0.6 is 0 Å². The average molecular weight is 259 g/mol. The molecule has 0 radical (unpaired) electrons. The Bertz CT molecular complexity index is 483. The zero-order valence-electron chi connectivity index (χ0n) is 9.21. The van der Waals surface area contributed by atoms with E-state index >= 15 is 0 Å². The summed E-state index contributed by atoms with van der Waals surface area (Å²) in [6, 6.07) is 2.72. The third kappa shape index (κ3) is 4.00. The molecule has 0 unspecified atom stereocenters. The van der Waals surface area contributed by atoms with Crippen molar-refractivity contribution in [1.29, 1.82) is 0 Å². The molecule has 1 heterocycles. The highest BCUT2D eigenvalue weighted by Crippen LogP contribution is 2.08. The van der Waals surface area contributed by atoms with Crippen molar-refractivity contribution in [3.63, 3.8) is 0 Å². The highest BCUT2D eigenvalue weighted by molar-refractivity contribution is 7.89. The van der Waals surface area contributed by atoms with Crippen LogP contribution in [0.5, 0.6) is 0 Å². The smallest absolute Gasteiger partial charge is 0.306 e. The van der Waals surface area contributed by atoms with Gasteiger partial charge in [-0.05, 0) is 12.1 Å². The molecular formula is C9H13N3O4S. The number of methoxy groups -OCH3 is 1. The summed E-state index contributed by atoms with van der Waals surface area (Å²) in [5.74, 6) is -0.248. The van der Waals surface area contributed by atoms with E-state index < -0.39 is 16.0 Å². The first-order chi connectivity index (χ1) is 7.95. The fraction of sp³-hybridized carbons (Fsp3) is 0.333. The van der Waals surface area contributed by atoms with Gasteiger partial charge in [0.15, 0.2) is 0 Å². The van der Waals surface area contributed by atoms with Crippen molar-refractivity contribution in [2.75, 3.05) is 19.4 Å². The first kappa shape index (κ1) is 13.4. The van der Waals surface area contributed by atoms with Gasteiger partial charge >= 0.3 is 5.97 Å². The molecule has 0 aliphatic rings. The number of nitrogen functional groups attached to an aromatic ring is 1. The van der Waals surface area contributed by atoms with Crippen LogP contribution in [-0.4, -0.2) is 33.0 Å². The molecule has 3 N–H and O–H groups in total. The highest BCUT2D eigenvalue weighted by atomic mass is 32.2. The number of nitrogens with zero attached hydrogens (tertiary/aromatic N) is 1. The van der Waals surface area contributed by atoms with Crippen molar-refractivity contribution in [3.05, 3.63) is 18.3 Å². The standard InChI is InChI=1S/C9H13N3O4S/c1-16-9(13)4-5-12-17(14,15)7-2-3-8(10)11-6-7/h2-3,6,12H,4-5H2,1H3,(H2,10,11). The summed E-state index contributed by atoms with van der Waals surface area (Å²) in [5, 5.41) is 0. The molecule has 94 valence electrons. The molecule has 1 aromatic rings. The number of carbonyl (C=O) groups excluding carboxylic acids is 1. The van der Waals surface area contributed by atoms with Crippen LogP contribution in [-0.2, 0) is 19.6 Å². The fourth-order valence-electron chi connectivity index (χ4n) is 1.02. The van der Waals surface area contributed by atoms with Crippen LogP contribution in [0.25, 0.3) is 0 Å². The number of ether oxygens (including phenoxy) is 1. The van der Waals surface area contributed by atoms with E-state index in [0.717, 1.165) is 6.20 Å². The Balaban J connectivity index is 2.63. The quantitative estimate of drug-likeness (QED) is 0.690. The largest absolute Gasteiger partial charge is 0.469 e. The van der Waals surface area contributed by atoms with Crippen molar-refractivity contribution >= 4 is 21.8 Å². The number of anilines is 1. The first-order valence-corrected chi connectivity index (χ1v) is 6.22. The number of sulfonamides is 1. The van der Waals surface area contributed by atoms with E-state index in [0.29, 0.717) is 0 Å². The Hall–Kier alpha value is -1.67. The number of nitrogens with one attached hydrogen (secondary N) is 1. The molecule has 0 aromatic carbocycles. The molecule has 0 spiro atoms. The monoisotopic (exact) mass is 259 g/mol. The number of rotatable bonds is 5. The van der Waals surface area contributed by atoms with Gasteiger partial charge in [0.2, 0.25) is 10.0 Å². The van der Waals surface area contributed by atoms with E-state index in [4.69, 9.17) is 5.73 Å². The topological polar surface area (TPSA) is 111 Å². The minimum Gasteiger partial charge on any atom is -0.469 e. The molecule has 1 aromatic heterocycles. The zero-order valence-corrected chi connectivity index (χ0v) is 10.0. The number of pyridine rings is 1. The maximum atomic E-state index is 11.7. The molecule has 0 bridgehead atoms. The number of nitrogens with two attached hydrogens (primary N) is 1. The Labute approximate surface area is 99.0 Å². The average Bonchev–Trinajstić information content (AvgIpc) is 2.29. The molecule has 0 saturated heterocycles. The minimum atomic E-state index is -3.66. The van der Waals surface area contributed by atoms with Crippen LogP contribution in [0.15, 0.2) is 23.2 Å². The molecule has 1 rings (SSSR count). The fourth-order valence-corrected chi connectivity index (χ4v) is 2.00. The summed E-state index contributed by atoms with van der Waals surface area (Å²) in [5.41, 5.74) is 5.34. The predicted molar refractivity (Wildman–Crippen MR) is 60.5 cm³/mol. The van der Waals surface area contributed by atoms with Crippen LogP contribution < -0.4 is 10.5 Å². The number of carbonyl (C=O) groups is 1. The summed E-state index contributed by atoms with van der Waals surface area (Å²) < 4.78 is 30.0. The van der Waals surface area contributed by atoms with Gasteiger partial charge in [0.25, 0.3) is 0 Å². The van der Waals surface area contributed by atoms with Gasteiger partial charge in [-0.15, -0.1) is 0 Å². The lowest BCUT2D eigenvalue weighted by Crippen LogP contribution is -2.26. The molecule has 7 nitrogen and oxygen atoms in total. The predicted octanol–water partition coefficient (Wildman–Crippen LogP) is -0.495. The van der Waals surface area contributed by atoms with Crippen LogP contribution in [0.4, 0.5) is 5.82 Å². The van der Waals surface area contributed by atoms with Gasteiger partial charge in [-0.25, -0.2) is 18.1 Å². The SMILES string of the molecule is COC(=O)CCNS(=O)(=O)c1ccc(N)nc1. The summed E-state index contributed by atoms with van der Waals surface area (Å²) in [7, 11) is -2.42. The lowest BCUT2D eigenvalue weighted by Gasteiger charge is -2.05. The lowest BCUT2D eigenvalue weighted by molar-refractivity contribution is -0.140. The van der Waals surface area contributed by atoms with Crippen molar-refractivity contribution < 1.29 is 17.9 Å². The molecule has 0 fully saturated rings. The maximum absolute atomic E-state index is 11.7. The second-order valence-corrected chi connectivity index (χ2v) is 4.91. The van der Waals surface area contributed by atoms with Crippen molar-refractivity contribution in [2.45, 2.75) is 11.3 Å². The van der Waals surface area contributed by atoms with Gasteiger partial charge in [-0.1, -0.05) is 0 Å². The molecule has 8 heteroatoms. The normalized spacial score (nSPS) is 11.1.